The van der Waals surface area contributed by atoms with Crippen molar-refractivity contribution in [1.82, 2.24) is 9.97 Å². The maximum Gasteiger partial charge on any atom is 0.180 e. The molecule has 5 rings (SSSR count). The predicted molar refractivity (Wildman–Crippen MR) is 105 cm³/mol. The van der Waals surface area contributed by atoms with Crippen LogP contribution < -0.4 is 0 Å². The van der Waals surface area contributed by atoms with Gasteiger partial charge in [0.2, 0.25) is 0 Å². The molecule has 2 aromatic heterocycles. The highest BCUT2D eigenvalue weighted by atomic mass is 35.5. The van der Waals surface area contributed by atoms with E-state index in [0.717, 1.165) is 33.3 Å². The average Bonchev–Trinajstić information content (AvgIpc) is 3.07. The van der Waals surface area contributed by atoms with E-state index in [1.807, 2.05) is 78.9 Å². The molecule has 0 saturated carbocycles. The highest BCUT2D eigenvalue weighted by Crippen LogP contribution is 2.36. The molecule has 26 heavy (non-hydrogen) atoms. The second kappa shape index (κ2) is 5.97. The number of furan rings is 1. The van der Waals surface area contributed by atoms with Gasteiger partial charge in [-0.3, -0.25) is 0 Å². The Morgan fingerprint density at radius 1 is 0.731 bits per heavy atom. The summed E-state index contributed by atoms with van der Waals surface area (Å²) in [6.07, 6.45) is 0. The third kappa shape index (κ3) is 2.37. The van der Waals surface area contributed by atoms with Crippen molar-refractivity contribution in [3.63, 3.8) is 0 Å². The summed E-state index contributed by atoms with van der Waals surface area (Å²) in [4.78, 5) is 9.60. The molecule has 0 aliphatic heterocycles. The summed E-state index contributed by atoms with van der Waals surface area (Å²) < 4.78 is 6.10. The number of para-hydroxylation sites is 1. The molecule has 0 unspecified atom stereocenters. The first-order valence-corrected chi connectivity index (χ1v) is 8.69. The quantitative estimate of drug-likeness (QED) is 0.369. The Balaban J connectivity index is 1.91. The van der Waals surface area contributed by atoms with Gasteiger partial charge >= 0.3 is 0 Å². The summed E-state index contributed by atoms with van der Waals surface area (Å²) >= 11 is 6.40. The van der Waals surface area contributed by atoms with Crippen molar-refractivity contribution in [3.8, 4) is 22.6 Å². The van der Waals surface area contributed by atoms with Crippen LogP contribution in [0, 0.1) is 0 Å². The van der Waals surface area contributed by atoms with Gasteiger partial charge in [0.05, 0.1) is 5.02 Å². The second-order valence-corrected chi connectivity index (χ2v) is 6.42. The molecule has 0 bridgehead atoms. The Morgan fingerprint density at radius 2 is 1.46 bits per heavy atom. The zero-order valence-electron chi connectivity index (χ0n) is 13.7. The second-order valence-electron chi connectivity index (χ2n) is 6.02. The van der Waals surface area contributed by atoms with Crippen molar-refractivity contribution in [2.45, 2.75) is 0 Å². The van der Waals surface area contributed by atoms with Gasteiger partial charge in [0.15, 0.2) is 11.4 Å². The third-order valence-corrected chi connectivity index (χ3v) is 4.71. The molecule has 0 amide bonds. The number of rotatable bonds is 2. The van der Waals surface area contributed by atoms with E-state index in [1.54, 1.807) is 0 Å². The molecule has 0 aliphatic rings. The first kappa shape index (κ1) is 15.1. The first-order valence-electron chi connectivity index (χ1n) is 8.31. The molecule has 0 aliphatic carbocycles. The van der Waals surface area contributed by atoms with E-state index < -0.39 is 0 Å². The van der Waals surface area contributed by atoms with Gasteiger partial charge in [-0.2, -0.15) is 0 Å². The number of benzene rings is 3. The van der Waals surface area contributed by atoms with E-state index >= 15 is 0 Å². The monoisotopic (exact) mass is 356 g/mol. The summed E-state index contributed by atoms with van der Waals surface area (Å²) in [7, 11) is 0. The van der Waals surface area contributed by atoms with Gasteiger partial charge in [0, 0.05) is 16.5 Å². The molecule has 0 atom stereocenters. The zero-order valence-corrected chi connectivity index (χ0v) is 14.4. The minimum Gasteiger partial charge on any atom is -0.452 e. The zero-order chi connectivity index (χ0) is 17.5. The van der Waals surface area contributed by atoms with Crippen LogP contribution in [0.15, 0.2) is 83.3 Å². The molecule has 124 valence electrons. The smallest absolute Gasteiger partial charge is 0.180 e. The summed E-state index contributed by atoms with van der Waals surface area (Å²) in [5, 5.41) is 1.59. The highest BCUT2D eigenvalue weighted by Gasteiger charge is 2.18. The van der Waals surface area contributed by atoms with Crippen LogP contribution in [-0.2, 0) is 0 Å². The van der Waals surface area contributed by atoms with Gasteiger partial charge in [0.25, 0.3) is 0 Å². The Kier molecular flexibility index (Phi) is 3.47. The fraction of sp³-hybridized carbons (Fsp3) is 0. The highest BCUT2D eigenvalue weighted by molar-refractivity contribution is 6.33. The van der Waals surface area contributed by atoms with E-state index in [1.165, 1.54) is 0 Å². The SMILES string of the molecule is Clc1ccccc1-c1nc(-c2ccccc2)c2oc3ccccc3c2n1. The lowest BCUT2D eigenvalue weighted by molar-refractivity contribution is 0.667. The molecule has 4 heteroatoms. The van der Waals surface area contributed by atoms with Crippen molar-refractivity contribution in [2.24, 2.45) is 0 Å². The average molecular weight is 357 g/mol. The molecule has 0 spiro atoms. The number of fused-ring (bicyclic) bond motifs is 3. The maximum atomic E-state index is 6.40. The summed E-state index contributed by atoms with van der Waals surface area (Å²) in [5.41, 5.74) is 4.83. The molecule has 3 aromatic carbocycles. The number of hydrogen-bond acceptors (Lipinski definition) is 3. The van der Waals surface area contributed by atoms with E-state index in [9.17, 15) is 0 Å². The van der Waals surface area contributed by atoms with Gasteiger partial charge in [-0.05, 0) is 24.3 Å². The van der Waals surface area contributed by atoms with Crippen LogP contribution in [0.4, 0.5) is 0 Å². The summed E-state index contributed by atoms with van der Waals surface area (Å²) in [6.45, 7) is 0. The van der Waals surface area contributed by atoms with E-state index in [2.05, 4.69) is 0 Å². The van der Waals surface area contributed by atoms with Crippen LogP contribution in [0.2, 0.25) is 5.02 Å². The fourth-order valence-electron chi connectivity index (χ4n) is 3.15. The lowest BCUT2D eigenvalue weighted by Crippen LogP contribution is -1.94. The summed E-state index contributed by atoms with van der Waals surface area (Å²) in [6, 6.07) is 25.5. The molecular formula is C22H13ClN2O. The number of hydrogen-bond donors (Lipinski definition) is 0. The Labute approximate surface area is 154 Å². The van der Waals surface area contributed by atoms with Crippen LogP contribution in [0.1, 0.15) is 0 Å². The van der Waals surface area contributed by atoms with Crippen LogP contribution in [0.3, 0.4) is 0 Å². The van der Waals surface area contributed by atoms with Gasteiger partial charge in [-0.25, -0.2) is 9.97 Å². The van der Waals surface area contributed by atoms with E-state index in [-0.39, 0.29) is 0 Å². The summed E-state index contributed by atoms with van der Waals surface area (Å²) in [5.74, 6) is 0.591. The van der Waals surface area contributed by atoms with Gasteiger partial charge in [-0.1, -0.05) is 66.2 Å². The molecule has 0 radical (unpaired) electrons. The van der Waals surface area contributed by atoms with Gasteiger partial charge < -0.3 is 4.42 Å². The standard InChI is InChI=1S/C22H13ClN2O/c23-17-12-6-4-10-15(17)22-24-19(14-8-2-1-3-9-14)21-20(25-22)16-11-5-7-13-18(16)26-21/h1-13H. The van der Waals surface area contributed by atoms with Crippen molar-refractivity contribution in [1.29, 1.82) is 0 Å². The van der Waals surface area contributed by atoms with Crippen molar-refractivity contribution >= 4 is 33.7 Å². The van der Waals surface area contributed by atoms with Gasteiger partial charge in [0.1, 0.15) is 16.8 Å². The molecule has 3 nitrogen and oxygen atoms in total. The minimum atomic E-state index is 0.591. The molecule has 0 N–H and O–H groups in total. The maximum absolute atomic E-state index is 6.40. The largest absolute Gasteiger partial charge is 0.452 e. The lowest BCUT2D eigenvalue weighted by atomic mass is 10.1. The van der Waals surface area contributed by atoms with E-state index in [4.69, 9.17) is 26.0 Å². The number of halogens is 1. The molecule has 0 saturated heterocycles. The Bertz CT molecular complexity index is 1250. The predicted octanol–water partition coefficient (Wildman–Crippen LogP) is 6.36. The number of aromatic nitrogens is 2. The first-order chi connectivity index (χ1) is 12.8. The minimum absolute atomic E-state index is 0.591. The van der Waals surface area contributed by atoms with Crippen LogP contribution in [0.5, 0.6) is 0 Å². The van der Waals surface area contributed by atoms with Gasteiger partial charge in [-0.15, -0.1) is 0 Å². The normalized spacial score (nSPS) is 11.3. The topological polar surface area (TPSA) is 38.9 Å². The fourth-order valence-corrected chi connectivity index (χ4v) is 3.37. The third-order valence-electron chi connectivity index (χ3n) is 4.38. The molecular weight excluding hydrogens is 344 g/mol. The van der Waals surface area contributed by atoms with Crippen molar-refractivity contribution < 1.29 is 4.42 Å². The van der Waals surface area contributed by atoms with Crippen molar-refractivity contribution in [2.75, 3.05) is 0 Å². The Hall–Kier alpha value is -3.17. The van der Waals surface area contributed by atoms with Crippen LogP contribution >= 0.6 is 11.6 Å². The van der Waals surface area contributed by atoms with Crippen LogP contribution in [0.25, 0.3) is 44.7 Å². The number of nitrogens with zero attached hydrogens (tertiary/aromatic N) is 2. The van der Waals surface area contributed by atoms with E-state index in [0.29, 0.717) is 16.4 Å². The molecule has 0 fully saturated rings. The Morgan fingerprint density at radius 3 is 2.31 bits per heavy atom. The molecule has 2 heterocycles. The van der Waals surface area contributed by atoms with Crippen LogP contribution in [-0.4, -0.2) is 9.97 Å². The van der Waals surface area contributed by atoms with Crippen molar-refractivity contribution in [3.05, 3.63) is 83.9 Å². The molecule has 5 aromatic rings. The lowest BCUT2D eigenvalue weighted by Gasteiger charge is -2.07.